The smallest absolute Gasteiger partial charge is 0.243 e. The summed E-state index contributed by atoms with van der Waals surface area (Å²) in [7, 11) is -3.62. The minimum Gasteiger partial charge on any atom is -0.355 e. The van der Waals surface area contributed by atoms with Gasteiger partial charge in [-0.1, -0.05) is 48.5 Å². The molecule has 27 heavy (non-hydrogen) atoms. The number of thiol groups is 1. The SMILES string of the molecule is O=C(NCCS)C1CCN(S(=O)(=O)c2ccccc2-c2ccccc2)CC1. The van der Waals surface area contributed by atoms with Gasteiger partial charge < -0.3 is 5.32 Å². The van der Waals surface area contributed by atoms with E-state index in [9.17, 15) is 13.2 Å². The van der Waals surface area contributed by atoms with Crippen LogP contribution >= 0.6 is 12.6 Å². The van der Waals surface area contributed by atoms with Gasteiger partial charge in [-0.3, -0.25) is 4.79 Å². The number of sulfonamides is 1. The van der Waals surface area contributed by atoms with Crippen molar-refractivity contribution in [1.29, 1.82) is 0 Å². The van der Waals surface area contributed by atoms with E-state index in [0.717, 1.165) is 5.56 Å². The van der Waals surface area contributed by atoms with Crippen LogP contribution in [-0.2, 0) is 14.8 Å². The summed E-state index contributed by atoms with van der Waals surface area (Å²) in [6.07, 6.45) is 1.07. The summed E-state index contributed by atoms with van der Waals surface area (Å²) in [5.41, 5.74) is 1.57. The molecule has 0 spiro atoms. The molecule has 0 unspecified atom stereocenters. The first-order chi connectivity index (χ1) is 13.0. The van der Waals surface area contributed by atoms with Gasteiger partial charge in [0.15, 0.2) is 0 Å². The number of amides is 1. The lowest BCUT2D eigenvalue weighted by Crippen LogP contribution is -2.43. The molecule has 1 N–H and O–H groups in total. The third-order valence-corrected chi connectivity index (χ3v) is 7.01. The lowest BCUT2D eigenvalue weighted by atomic mass is 9.97. The highest BCUT2D eigenvalue weighted by Gasteiger charge is 2.33. The van der Waals surface area contributed by atoms with Crippen molar-refractivity contribution in [3.05, 3.63) is 54.6 Å². The molecule has 1 heterocycles. The van der Waals surface area contributed by atoms with E-state index in [1.165, 1.54) is 4.31 Å². The first-order valence-electron chi connectivity index (χ1n) is 9.07. The second-order valence-electron chi connectivity index (χ2n) is 6.56. The van der Waals surface area contributed by atoms with Crippen LogP contribution in [0.3, 0.4) is 0 Å². The van der Waals surface area contributed by atoms with Gasteiger partial charge in [0.1, 0.15) is 0 Å². The number of nitrogens with one attached hydrogen (secondary N) is 1. The molecule has 0 atom stereocenters. The highest BCUT2D eigenvalue weighted by atomic mass is 32.2. The molecule has 0 aliphatic carbocycles. The maximum Gasteiger partial charge on any atom is 0.243 e. The summed E-state index contributed by atoms with van der Waals surface area (Å²) in [6, 6.07) is 16.6. The van der Waals surface area contributed by atoms with Crippen molar-refractivity contribution < 1.29 is 13.2 Å². The number of carbonyl (C=O) groups excluding carboxylic acids is 1. The van der Waals surface area contributed by atoms with E-state index >= 15 is 0 Å². The topological polar surface area (TPSA) is 66.5 Å². The van der Waals surface area contributed by atoms with Gasteiger partial charge >= 0.3 is 0 Å². The molecule has 1 fully saturated rings. The van der Waals surface area contributed by atoms with Crippen LogP contribution in [0.5, 0.6) is 0 Å². The average Bonchev–Trinajstić information content (AvgIpc) is 2.72. The Kier molecular flexibility index (Phi) is 6.57. The standard InChI is InChI=1S/C20H24N2O3S2/c23-20(21-12-15-26)17-10-13-22(14-11-17)27(24,25)19-9-5-4-8-18(19)16-6-2-1-3-7-16/h1-9,17,26H,10-15H2,(H,21,23). The maximum absolute atomic E-state index is 13.2. The van der Waals surface area contributed by atoms with E-state index in [1.807, 2.05) is 42.5 Å². The third kappa shape index (κ3) is 4.54. The minimum absolute atomic E-state index is 0.00853. The average molecular weight is 405 g/mol. The first kappa shape index (κ1) is 19.9. The fraction of sp³-hybridized carbons (Fsp3) is 0.350. The molecule has 0 bridgehead atoms. The first-order valence-corrected chi connectivity index (χ1v) is 11.1. The number of carbonyl (C=O) groups is 1. The zero-order valence-corrected chi connectivity index (χ0v) is 16.8. The zero-order chi connectivity index (χ0) is 19.3. The number of benzene rings is 2. The van der Waals surface area contributed by atoms with Crippen LogP contribution in [0.1, 0.15) is 12.8 Å². The van der Waals surface area contributed by atoms with Gasteiger partial charge in [0.2, 0.25) is 15.9 Å². The number of rotatable bonds is 6. The zero-order valence-electron chi connectivity index (χ0n) is 15.0. The van der Waals surface area contributed by atoms with Crippen molar-refractivity contribution in [2.75, 3.05) is 25.4 Å². The maximum atomic E-state index is 13.2. The van der Waals surface area contributed by atoms with Gasteiger partial charge in [-0.25, -0.2) is 8.42 Å². The molecule has 2 aromatic rings. The Morgan fingerprint density at radius 2 is 1.67 bits per heavy atom. The Labute approximate surface area is 166 Å². The van der Waals surface area contributed by atoms with Crippen molar-refractivity contribution >= 4 is 28.6 Å². The van der Waals surface area contributed by atoms with Gasteiger partial charge in [-0.15, -0.1) is 0 Å². The van der Waals surface area contributed by atoms with Crippen LogP contribution in [0.4, 0.5) is 0 Å². The summed E-state index contributed by atoms with van der Waals surface area (Å²) in [5, 5.41) is 2.83. The molecule has 2 aromatic carbocycles. The summed E-state index contributed by atoms with van der Waals surface area (Å²) < 4.78 is 28.0. The Bertz CT molecular complexity index is 877. The lowest BCUT2D eigenvalue weighted by Gasteiger charge is -2.31. The second kappa shape index (κ2) is 8.91. The van der Waals surface area contributed by atoms with Gasteiger partial charge in [-0.2, -0.15) is 16.9 Å². The van der Waals surface area contributed by atoms with E-state index in [0.29, 0.717) is 48.7 Å². The monoisotopic (exact) mass is 404 g/mol. The molecule has 5 nitrogen and oxygen atoms in total. The molecule has 0 radical (unpaired) electrons. The molecule has 0 saturated carbocycles. The normalized spacial score (nSPS) is 16.2. The molecule has 1 aliphatic heterocycles. The molecule has 0 aromatic heterocycles. The van der Waals surface area contributed by atoms with Crippen LogP contribution in [0.25, 0.3) is 11.1 Å². The highest BCUT2D eigenvalue weighted by Crippen LogP contribution is 2.31. The van der Waals surface area contributed by atoms with E-state index in [2.05, 4.69) is 17.9 Å². The van der Waals surface area contributed by atoms with Crippen molar-refractivity contribution in [3.63, 3.8) is 0 Å². The quantitative estimate of drug-likeness (QED) is 0.728. The summed E-state index contributed by atoms with van der Waals surface area (Å²) in [5.74, 6) is 0.446. The Morgan fingerprint density at radius 1 is 1.04 bits per heavy atom. The molecule has 7 heteroatoms. The van der Waals surface area contributed by atoms with Crippen molar-refractivity contribution in [3.8, 4) is 11.1 Å². The van der Waals surface area contributed by atoms with Gasteiger partial charge in [0, 0.05) is 36.9 Å². The van der Waals surface area contributed by atoms with Crippen molar-refractivity contribution in [2.45, 2.75) is 17.7 Å². The molecular weight excluding hydrogens is 380 g/mol. The lowest BCUT2D eigenvalue weighted by molar-refractivity contribution is -0.125. The van der Waals surface area contributed by atoms with E-state index in [4.69, 9.17) is 0 Å². The Morgan fingerprint density at radius 3 is 2.33 bits per heavy atom. The van der Waals surface area contributed by atoms with E-state index in [1.54, 1.807) is 12.1 Å². The predicted octanol–water partition coefficient (Wildman–Crippen LogP) is 2.80. The number of hydrogen-bond acceptors (Lipinski definition) is 4. The fourth-order valence-corrected chi connectivity index (χ4v) is 5.16. The van der Waals surface area contributed by atoms with E-state index in [-0.39, 0.29) is 11.8 Å². The predicted molar refractivity (Wildman–Crippen MR) is 110 cm³/mol. The molecular formula is C20H24N2O3S2. The third-order valence-electron chi connectivity index (χ3n) is 4.83. The Balaban J connectivity index is 1.78. The molecule has 1 amide bonds. The van der Waals surface area contributed by atoms with Crippen LogP contribution in [0.2, 0.25) is 0 Å². The van der Waals surface area contributed by atoms with Crippen LogP contribution < -0.4 is 5.32 Å². The number of hydrogen-bond donors (Lipinski definition) is 2. The summed E-state index contributed by atoms with van der Waals surface area (Å²) in [4.78, 5) is 12.4. The largest absolute Gasteiger partial charge is 0.355 e. The summed E-state index contributed by atoms with van der Waals surface area (Å²) >= 11 is 4.09. The second-order valence-corrected chi connectivity index (χ2v) is 8.91. The highest BCUT2D eigenvalue weighted by molar-refractivity contribution is 7.89. The Hall–Kier alpha value is -1.83. The van der Waals surface area contributed by atoms with Crippen LogP contribution in [0.15, 0.2) is 59.5 Å². The molecule has 3 rings (SSSR count). The van der Waals surface area contributed by atoms with E-state index < -0.39 is 10.0 Å². The minimum atomic E-state index is -3.62. The van der Waals surface area contributed by atoms with Crippen molar-refractivity contribution in [2.24, 2.45) is 5.92 Å². The van der Waals surface area contributed by atoms with Gasteiger partial charge in [0.25, 0.3) is 0 Å². The number of piperidine rings is 1. The van der Waals surface area contributed by atoms with Gasteiger partial charge in [0.05, 0.1) is 4.90 Å². The van der Waals surface area contributed by atoms with Crippen LogP contribution in [0, 0.1) is 5.92 Å². The molecule has 144 valence electrons. The van der Waals surface area contributed by atoms with Gasteiger partial charge in [-0.05, 0) is 24.5 Å². The molecule has 1 aliphatic rings. The van der Waals surface area contributed by atoms with Crippen LogP contribution in [-0.4, -0.2) is 44.0 Å². The fourth-order valence-electron chi connectivity index (χ4n) is 3.37. The summed E-state index contributed by atoms with van der Waals surface area (Å²) in [6.45, 7) is 1.24. The number of nitrogens with zero attached hydrogens (tertiary/aromatic N) is 1. The van der Waals surface area contributed by atoms with Crippen molar-refractivity contribution in [1.82, 2.24) is 9.62 Å². The molecule has 1 saturated heterocycles.